The van der Waals surface area contributed by atoms with E-state index in [0.717, 1.165) is 73.5 Å². The van der Waals surface area contributed by atoms with Crippen molar-refractivity contribution in [1.82, 2.24) is 9.88 Å². The van der Waals surface area contributed by atoms with Crippen LogP contribution in [0.25, 0.3) is 5.57 Å². The summed E-state index contributed by atoms with van der Waals surface area (Å²) in [5.74, 6) is 2.10. The predicted octanol–water partition coefficient (Wildman–Crippen LogP) is 5.42. The number of fused-ring (bicyclic) bond motifs is 2. The highest BCUT2D eigenvalue weighted by atomic mass is 16.5. The van der Waals surface area contributed by atoms with Crippen LogP contribution in [0.1, 0.15) is 36.0 Å². The van der Waals surface area contributed by atoms with E-state index in [9.17, 15) is 4.79 Å². The van der Waals surface area contributed by atoms with Crippen molar-refractivity contribution in [1.29, 1.82) is 0 Å². The quantitative estimate of drug-likeness (QED) is 0.436. The molecule has 6 heteroatoms. The Morgan fingerprint density at radius 3 is 2.61 bits per heavy atom. The van der Waals surface area contributed by atoms with E-state index in [-0.39, 0.29) is 5.97 Å². The van der Waals surface area contributed by atoms with Crippen molar-refractivity contribution in [3.05, 3.63) is 89.6 Å². The van der Waals surface area contributed by atoms with Crippen molar-refractivity contribution in [2.24, 2.45) is 0 Å². The first-order valence-corrected chi connectivity index (χ1v) is 12.5. The summed E-state index contributed by atoms with van der Waals surface area (Å²) in [5.41, 5.74) is 3.73. The van der Waals surface area contributed by atoms with E-state index in [1.54, 1.807) is 13.3 Å². The molecule has 1 aromatic heterocycles. The summed E-state index contributed by atoms with van der Waals surface area (Å²) in [7, 11) is 3.18. The Morgan fingerprint density at radius 2 is 1.86 bits per heavy atom. The van der Waals surface area contributed by atoms with Gasteiger partial charge in [-0.15, -0.1) is 0 Å². The van der Waals surface area contributed by atoms with Crippen LogP contribution in [-0.2, 0) is 21.4 Å². The highest BCUT2D eigenvalue weighted by Gasteiger charge is 2.43. The van der Waals surface area contributed by atoms with Gasteiger partial charge < -0.3 is 19.1 Å². The molecule has 1 fully saturated rings. The van der Waals surface area contributed by atoms with Gasteiger partial charge in [-0.3, -0.25) is 4.79 Å². The van der Waals surface area contributed by atoms with Gasteiger partial charge in [0.2, 0.25) is 5.88 Å². The molecule has 6 nitrogen and oxygen atoms in total. The van der Waals surface area contributed by atoms with Gasteiger partial charge in [-0.05, 0) is 67.8 Å². The SMILES string of the molecule is COC(=O)C1(c2ccccc2)CCN(CC/C=C2/Cc3c(OC)cccc3Oc3ncccc32)CC1. The molecule has 5 rings (SSSR count). The molecule has 1 saturated heterocycles. The zero-order valence-electron chi connectivity index (χ0n) is 20.9. The lowest BCUT2D eigenvalue weighted by Gasteiger charge is -2.40. The third kappa shape index (κ3) is 4.61. The molecule has 186 valence electrons. The maximum atomic E-state index is 12.8. The van der Waals surface area contributed by atoms with Gasteiger partial charge in [0.05, 0.1) is 19.6 Å². The van der Waals surface area contributed by atoms with Crippen LogP contribution in [0.3, 0.4) is 0 Å². The van der Waals surface area contributed by atoms with E-state index in [4.69, 9.17) is 14.2 Å². The van der Waals surface area contributed by atoms with Crippen LogP contribution >= 0.6 is 0 Å². The fourth-order valence-corrected chi connectivity index (χ4v) is 5.44. The van der Waals surface area contributed by atoms with Crippen LogP contribution in [0.2, 0.25) is 0 Å². The number of hydrogen-bond donors (Lipinski definition) is 0. The topological polar surface area (TPSA) is 60.9 Å². The second-order valence-electron chi connectivity index (χ2n) is 9.37. The largest absolute Gasteiger partial charge is 0.496 e. The maximum Gasteiger partial charge on any atom is 0.316 e. The Labute approximate surface area is 212 Å². The van der Waals surface area contributed by atoms with Crippen molar-refractivity contribution >= 4 is 11.5 Å². The van der Waals surface area contributed by atoms with E-state index in [1.807, 2.05) is 54.6 Å². The number of hydrogen-bond acceptors (Lipinski definition) is 6. The fraction of sp³-hybridized carbons (Fsp3) is 0.333. The van der Waals surface area contributed by atoms with Gasteiger partial charge >= 0.3 is 5.97 Å². The lowest BCUT2D eigenvalue weighted by Crippen LogP contribution is -2.48. The Balaban J connectivity index is 1.31. The molecule has 0 spiro atoms. The van der Waals surface area contributed by atoms with Crippen LogP contribution in [0.4, 0.5) is 0 Å². The third-order valence-electron chi connectivity index (χ3n) is 7.45. The number of rotatable bonds is 6. The normalized spacial score (nSPS) is 17.9. The number of allylic oxidation sites excluding steroid dienone is 1. The Kier molecular flexibility index (Phi) is 7.05. The molecule has 36 heavy (non-hydrogen) atoms. The molecule has 3 heterocycles. The van der Waals surface area contributed by atoms with Gasteiger partial charge in [0, 0.05) is 30.3 Å². The van der Waals surface area contributed by atoms with Crippen LogP contribution in [0.5, 0.6) is 17.4 Å². The van der Waals surface area contributed by atoms with E-state index in [1.165, 1.54) is 12.7 Å². The Hall–Kier alpha value is -3.64. The van der Waals surface area contributed by atoms with E-state index >= 15 is 0 Å². The highest BCUT2D eigenvalue weighted by molar-refractivity contribution is 5.83. The van der Waals surface area contributed by atoms with Crippen LogP contribution in [-0.4, -0.2) is 49.7 Å². The molecule has 0 unspecified atom stereocenters. The monoisotopic (exact) mass is 484 g/mol. The molecule has 0 saturated carbocycles. The average molecular weight is 485 g/mol. The first kappa shape index (κ1) is 24.1. The molecule has 2 aliphatic rings. The molecular formula is C30H32N2O4. The van der Waals surface area contributed by atoms with Crippen LogP contribution in [0, 0.1) is 0 Å². The summed E-state index contributed by atoms with van der Waals surface area (Å²) >= 11 is 0. The minimum atomic E-state index is -0.561. The number of piperidine rings is 1. The minimum Gasteiger partial charge on any atom is -0.496 e. The van der Waals surface area contributed by atoms with E-state index < -0.39 is 5.41 Å². The predicted molar refractivity (Wildman–Crippen MR) is 139 cm³/mol. The molecule has 2 aromatic carbocycles. The molecule has 0 amide bonds. The van der Waals surface area contributed by atoms with Gasteiger partial charge in [0.1, 0.15) is 11.5 Å². The summed E-state index contributed by atoms with van der Waals surface area (Å²) in [6, 6.07) is 20.0. The smallest absolute Gasteiger partial charge is 0.316 e. The molecule has 0 atom stereocenters. The lowest BCUT2D eigenvalue weighted by molar-refractivity contribution is -0.149. The second kappa shape index (κ2) is 10.5. The maximum absolute atomic E-state index is 12.8. The molecule has 0 aliphatic carbocycles. The van der Waals surface area contributed by atoms with Crippen molar-refractivity contribution < 1.29 is 19.0 Å². The number of methoxy groups -OCH3 is 2. The van der Waals surface area contributed by atoms with Crippen molar-refractivity contribution in [3.63, 3.8) is 0 Å². The van der Waals surface area contributed by atoms with Gasteiger partial charge in [-0.25, -0.2) is 4.98 Å². The first-order valence-electron chi connectivity index (χ1n) is 12.5. The van der Waals surface area contributed by atoms with Crippen molar-refractivity contribution in [2.75, 3.05) is 33.9 Å². The van der Waals surface area contributed by atoms with Gasteiger partial charge in [-0.1, -0.05) is 42.5 Å². The molecule has 3 aromatic rings. The summed E-state index contributed by atoms with van der Waals surface area (Å²) in [6.45, 7) is 2.63. The standard InChI is InChI=1S/C30H32N2O4/c1-34-26-13-6-14-27-25(26)21-22(24-12-7-17-31-28(24)36-27)9-8-18-32-19-15-30(16-20-32,29(33)35-2)23-10-4-3-5-11-23/h3-7,9-14,17H,8,15-16,18-21H2,1-2H3/b22-9-. The number of aromatic nitrogens is 1. The van der Waals surface area contributed by atoms with Gasteiger partial charge in [0.15, 0.2) is 0 Å². The zero-order valence-corrected chi connectivity index (χ0v) is 20.9. The number of pyridine rings is 1. The summed E-state index contributed by atoms with van der Waals surface area (Å²) in [4.78, 5) is 19.8. The lowest BCUT2D eigenvalue weighted by atomic mass is 9.72. The third-order valence-corrected chi connectivity index (χ3v) is 7.45. The van der Waals surface area contributed by atoms with Crippen LogP contribution in [0.15, 0.2) is 72.9 Å². The number of carbonyl (C=O) groups excluding carboxylic acids is 1. The Bertz CT molecular complexity index is 1250. The summed E-state index contributed by atoms with van der Waals surface area (Å²) in [6.07, 6.45) is 7.18. The van der Waals surface area contributed by atoms with Gasteiger partial charge in [-0.2, -0.15) is 0 Å². The molecule has 0 radical (unpaired) electrons. The Morgan fingerprint density at radius 1 is 1.06 bits per heavy atom. The highest BCUT2D eigenvalue weighted by Crippen LogP contribution is 2.41. The summed E-state index contributed by atoms with van der Waals surface area (Å²) in [5, 5.41) is 0. The van der Waals surface area contributed by atoms with Crippen molar-refractivity contribution in [3.8, 4) is 17.4 Å². The minimum absolute atomic E-state index is 0.134. The van der Waals surface area contributed by atoms with E-state index in [2.05, 4.69) is 22.0 Å². The number of ether oxygens (including phenoxy) is 3. The van der Waals surface area contributed by atoms with E-state index in [0.29, 0.717) is 5.88 Å². The molecule has 0 bridgehead atoms. The number of benzene rings is 2. The molecule has 0 N–H and O–H groups in total. The number of likely N-dealkylation sites (tertiary alicyclic amines) is 1. The van der Waals surface area contributed by atoms with Crippen molar-refractivity contribution in [2.45, 2.75) is 31.1 Å². The summed E-state index contributed by atoms with van der Waals surface area (Å²) < 4.78 is 17.1. The van der Waals surface area contributed by atoms with Crippen LogP contribution < -0.4 is 9.47 Å². The number of carbonyl (C=O) groups is 1. The molecular weight excluding hydrogens is 452 g/mol. The van der Waals surface area contributed by atoms with Gasteiger partial charge in [0.25, 0.3) is 0 Å². The zero-order chi connectivity index (χ0) is 25.0. The average Bonchev–Trinajstić information content (AvgIpc) is 3.10. The molecule has 2 aliphatic heterocycles. The second-order valence-corrected chi connectivity index (χ2v) is 9.37. The number of nitrogens with zero attached hydrogens (tertiary/aromatic N) is 2. The first-order chi connectivity index (χ1) is 17.6. The number of esters is 1. The fourth-order valence-electron chi connectivity index (χ4n) is 5.44.